The molecule has 0 radical (unpaired) electrons. The van der Waals surface area contributed by atoms with Crippen LogP contribution in [0.5, 0.6) is 0 Å². The van der Waals surface area contributed by atoms with Crippen molar-refractivity contribution in [3.63, 3.8) is 0 Å². The minimum atomic E-state index is -4.46. The van der Waals surface area contributed by atoms with Gasteiger partial charge in [0.05, 0.1) is 24.2 Å². The van der Waals surface area contributed by atoms with Gasteiger partial charge < -0.3 is 0 Å². The first-order valence-corrected chi connectivity index (χ1v) is 12.3. The number of benzene rings is 2. The van der Waals surface area contributed by atoms with E-state index in [0.717, 1.165) is 16.1 Å². The highest BCUT2D eigenvalue weighted by atomic mass is 35.5. The van der Waals surface area contributed by atoms with E-state index >= 15 is 0 Å². The lowest BCUT2D eigenvalue weighted by atomic mass is 9.86. The molecule has 2 aromatic carbocycles. The van der Waals surface area contributed by atoms with E-state index in [1.165, 1.54) is 0 Å². The molecule has 0 aromatic heterocycles. The number of rotatable bonds is 4. The third-order valence-corrected chi connectivity index (χ3v) is 7.47. The molecular weight excluding hydrogens is 474 g/mol. The molecule has 2 atom stereocenters. The molecule has 1 N–H and O–H groups in total. The maximum atomic E-state index is 13.7. The molecule has 1 saturated heterocycles. The number of nitrogens with zero attached hydrogens (tertiary/aromatic N) is 3. The number of alkyl halides is 2. The van der Waals surface area contributed by atoms with Gasteiger partial charge in [-0.2, -0.15) is 17.8 Å². The smallest absolute Gasteiger partial charge is 0.245 e. The fourth-order valence-corrected chi connectivity index (χ4v) is 5.48. The molecule has 176 valence electrons. The molecule has 1 fully saturated rings. The Balaban J connectivity index is 1.62. The lowest BCUT2D eigenvalue weighted by Gasteiger charge is -2.32. The SMILES string of the molecule is C[C@@H]1[C@@H](c2ccccc2)C(c2ccc(Cl)cc2)=NN1C(=O)NS(=O)(=O)N1CCCC(F)(F)C1. The fourth-order valence-electron chi connectivity index (χ4n) is 4.18. The van der Waals surface area contributed by atoms with Gasteiger partial charge in [0.1, 0.15) is 0 Å². The summed E-state index contributed by atoms with van der Waals surface area (Å²) in [6.07, 6.45) is -0.374. The zero-order valence-corrected chi connectivity index (χ0v) is 19.4. The summed E-state index contributed by atoms with van der Waals surface area (Å²) in [5, 5.41) is 6.05. The Morgan fingerprint density at radius 1 is 1.15 bits per heavy atom. The van der Waals surface area contributed by atoms with Gasteiger partial charge >= 0.3 is 16.2 Å². The fraction of sp³-hybridized carbons (Fsp3) is 0.364. The van der Waals surface area contributed by atoms with Crippen LogP contribution < -0.4 is 4.72 Å². The molecule has 2 amide bonds. The second-order valence-electron chi connectivity index (χ2n) is 8.17. The number of nitrogens with one attached hydrogen (secondary N) is 1. The Morgan fingerprint density at radius 3 is 2.45 bits per heavy atom. The maximum Gasteiger partial charge on any atom is 0.352 e. The summed E-state index contributed by atoms with van der Waals surface area (Å²) in [6.45, 7) is 0.710. The van der Waals surface area contributed by atoms with E-state index in [0.29, 0.717) is 15.0 Å². The predicted molar refractivity (Wildman–Crippen MR) is 122 cm³/mol. The van der Waals surface area contributed by atoms with Gasteiger partial charge in [0.15, 0.2) is 0 Å². The Morgan fingerprint density at radius 2 is 1.82 bits per heavy atom. The first-order chi connectivity index (χ1) is 15.6. The zero-order valence-electron chi connectivity index (χ0n) is 17.8. The van der Waals surface area contributed by atoms with Gasteiger partial charge in [0.25, 0.3) is 5.92 Å². The number of piperidine rings is 1. The molecule has 2 heterocycles. The lowest BCUT2D eigenvalue weighted by molar-refractivity contribution is -0.0436. The van der Waals surface area contributed by atoms with Gasteiger partial charge in [-0.1, -0.05) is 54.1 Å². The molecule has 33 heavy (non-hydrogen) atoms. The van der Waals surface area contributed by atoms with E-state index in [1.807, 2.05) is 35.1 Å². The molecule has 0 spiro atoms. The summed E-state index contributed by atoms with van der Waals surface area (Å²) >= 11 is 6.01. The number of hydrazone groups is 1. The van der Waals surface area contributed by atoms with Crippen LogP contribution in [0.3, 0.4) is 0 Å². The molecule has 7 nitrogen and oxygen atoms in total. The van der Waals surface area contributed by atoms with Crippen molar-refractivity contribution in [3.8, 4) is 0 Å². The van der Waals surface area contributed by atoms with E-state index in [4.69, 9.17) is 11.6 Å². The highest BCUT2D eigenvalue weighted by Crippen LogP contribution is 2.35. The van der Waals surface area contributed by atoms with Crippen LogP contribution in [-0.4, -0.2) is 54.5 Å². The summed E-state index contributed by atoms with van der Waals surface area (Å²) in [5.41, 5.74) is 2.20. The van der Waals surface area contributed by atoms with Crippen molar-refractivity contribution >= 4 is 33.6 Å². The molecule has 2 aliphatic heterocycles. The minimum Gasteiger partial charge on any atom is -0.245 e. The van der Waals surface area contributed by atoms with Crippen molar-refractivity contribution in [3.05, 3.63) is 70.7 Å². The molecule has 0 aliphatic carbocycles. The summed E-state index contributed by atoms with van der Waals surface area (Å²) in [7, 11) is -4.46. The molecule has 0 unspecified atom stereocenters. The van der Waals surface area contributed by atoms with E-state index in [-0.39, 0.29) is 25.3 Å². The zero-order chi connectivity index (χ0) is 23.8. The molecule has 4 rings (SSSR count). The van der Waals surface area contributed by atoms with Gasteiger partial charge in [-0.05, 0) is 36.6 Å². The van der Waals surface area contributed by atoms with Crippen LogP contribution >= 0.6 is 11.6 Å². The van der Waals surface area contributed by atoms with Crippen LogP contribution in [0.4, 0.5) is 13.6 Å². The third kappa shape index (κ3) is 5.02. The van der Waals surface area contributed by atoms with Crippen LogP contribution in [0.2, 0.25) is 5.02 Å². The second kappa shape index (κ2) is 9.00. The minimum absolute atomic E-state index is 0.0111. The van der Waals surface area contributed by atoms with Gasteiger partial charge in [0, 0.05) is 18.0 Å². The van der Waals surface area contributed by atoms with Crippen molar-refractivity contribution in [1.82, 2.24) is 14.0 Å². The number of hydrogen-bond donors (Lipinski definition) is 1. The lowest BCUT2D eigenvalue weighted by Crippen LogP contribution is -2.53. The van der Waals surface area contributed by atoms with Crippen LogP contribution in [0, 0.1) is 0 Å². The number of hydrogen-bond acceptors (Lipinski definition) is 4. The van der Waals surface area contributed by atoms with Crippen LogP contribution in [0.25, 0.3) is 0 Å². The van der Waals surface area contributed by atoms with Crippen molar-refractivity contribution in [2.45, 2.75) is 37.6 Å². The number of halogens is 3. The van der Waals surface area contributed by atoms with E-state index in [9.17, 15) is 22.0 Å². The standard InChI is InChI=1S/C22H23ClF2N4O3S/c1-15-19(16-6-3-2-4-7-16)20(17-8-10-18(23)11-9-17)26-29(15)21(30)27-33(31,32)28-13-5-12-22(24,25)14-28/h2-4,6-11,15,19H,5,12-14H2,1H3,(H,27,30)/t15-,19+/m1/s1. The molecule has 0 saturated carbocycles. The van der Waals surface area contributed by atoms with Crippen molar-refractivity contribution in [2.24, 2.45) is 5.10 Å². The van der Waals surface area contributed by atoms with Crippen molar-refractivity contribution in [1.29, 1.82) is 0 Å². The van der Waals surface area contributed by atoms with Gasteiger partial charge in [-0.15, -0.1) is 0 Å². The molecular formula is C22H23ClF2N4O3S. The summed E-state index contributed by atoms with van der Waals surface area (Å²) in [5.74, 6) is -3.46. The average Bonchev–Trinajstić information content (AvgIpc) is 3.11. The monoisotopic (exact) mass is 496 g/mol. The van der Waals surface area contributed by atoms with Crippen LogP contribution in [0.15, 0.2) is 59.7 Å². The number of amides is 2. The van der Waals surface area contributed by atoms with Gasteiger partial charge in [-0.3, -0.25) is 0 Å². The Labute approximate surface area is 196 Å². The third-order valence-electron chi connectivity index (χ3n) is 5.80. The summed E-state index contributed by atoms with van der Waals surface area (Å²) in [4.78, 5) is 13.0. The van der Waals surface area contributed by atoms with E-state index in [2.05, 4.69) is 5.10 Å². The van der Waals surface area contributed by atoms with Crippen molar-refractivity contribution in [2.75, 3.05) is 13.1 Å². The van der Waals surface area contributed by atoms with Gasteiger partial charge in [-0.25, -0.2) is 23.3 Å². The van der Waals surface area contributed by atoms with E-state index < -0.39 is 34.7 Å². The Kier molecular flexibility index (Phi) is 6.43. The highest BCUT2D eigenvalue weighted by Gasteiger charge is 2.43. The summed E-state index contributed by atoms with van der Waals surface area (Å²) in [6, 6.07) is 14.8. The number of carbonyl (C=O) groups is 1. The topological polar surface area (TPSA) is 82.1 Å². The van der Waals surface area contributed by atoms with Crippen LogP contribution in [0.1, 0.15) is 36.8 Å². The van der Waals surface area contributed by atoms with Crippen molar-refractivity contribution < 1.29 is 22.0 Å². The van der Waals surface area contributed by atoms with Crippen LogP contribution in [-0.2, 0) is 10.2 Å². The molecule has 2 aliphatic rings. The molecule has 2 aromatic rings. The Bertz CT molecular complexity index is 1160. The predicted octanol–water partition coefficient (Wildman–Crippen LogP) is 4.22. The maximum absolute atomic E-state index is 13.7. The first kappa shape index (κ1) is 23.6. The normalized spacial score (nSPS) is 23.3. The largest absolute Gasteiger partial charge is 0.352 e. The number of urea groups is 1. The average molecular weight is 497 g/mol. The number of carbonyl (C=O) groups excluding carboxylic acids is 1. The molecule has 11 heteroatoms. The summed E-state index contributed by atoms with van der Waals surface area (Å²) < 4.78 is 55.3. The Hall–Kier alpha value is -2.56. The second-order valence-corrected chi connectivity index (χ2v) is 10.3. The highest BCUT2D eigenvalue weighted by molar-refractivity contribution is 7.87. The molecule has 0 bridgehead atoms. The van der Waals surface area contributed by atoms with E-state index in [1.54, 1.807) is 31.2 Å². The first-order valence-electron chi connectivity index (χ1n) is 10.5. The van der Waals surface area contributed by atoms with Gasteiger partial charge in [0.2, 0.25) is 0 Å². The quantitative estimate of drug-likeness (QED) is 0.688.